The number of carbonyl (C=O) groups excluding carboxylic acids is 1. The van der Waals surface area contributed by atoms with E-state index in [4.69, 9.17) is 15.2 Å². The predicted molar refractivity (Wildman–Crippen MR) is 107 cm³/mol. The van der Waals surface area contributed by atoms with Gasteiger partial charge in [-0.05, 0) is 40.2 Å². The van der Waals surface area contributed by atoms with Gasteiger partial charge in [0.05, 0.1) is 49.8 Å². The van der Waals surface area contributed by atoms with Crippen LogP contribution < -0.4 is 15.2 Å². The summed E-state index contributed by atoms with van der Waals surface area (Å²) in [5.74, 6) is 1.29. The summed E-state index contributed by atoms with van der Waals surface area (Å²) in [7, 11) is 3.21. The Hall–Kier alpha value is -2.80. The van der Waals surface area contributed by atoms with Crippen molar-refractivity contribution < 1.29 is 14.3 Å². The van der Waals surface area contributed by atoms with Crippen molar-refractivity contribution in [3.05, 3.63) is 57.7 Å². The number of nitrogens with zero attached hydrogens (tertiary/aromatic N) is 2. The number of nitrogens with two attached hydrogens (primary N) is 1. The highest BCUT2D eigenvalue weighted by atomic mass is 79.9. The first kappa shape index (κ1) is 17.6. The Morgan fingerprint density at radius 1 is 1.22 bits per heavy atom. The lowest BCUT2D eigenvalue weighted by Gasteiger charge is -2.18. The molecule has 2 heterocycles. The van der Waals surface area contributed by atoms with Crippen LogP contribution in [-0.4, -0.2) is 30.0 Å². The van der Waals surface area contributed by atoms with Crippen molar-refractivity contribution in [2.45, 2.75) is 13.1 Å². The zero-order chi connectivity index (χ0) is 19.1. The normalized spacial score (nSPS) is 13.1. The standard InChI is InChI=1S/C20H18BrN3O3/c1-26-12-6-7-16(27-2)11(8-12)9-24-10-15-17(20(24)25)18(22)13-4-3-5-14(21)19(13)23-15/h3-8H,9-10H2,1-2H3,(H2,22,23). The van der Waals surface area contributed by atoms with Crippen molar-refractivity contribution in [2.24, 2.45) is 0 Å². The number of nitrogen functional groups attached to an aromatic ring is 1. The van der Waals surface area contributed by atoms with Crippen LogP contribution in [0.5, 0.6) is 11.5 Å². The highest BCUT2D eigenvalue weighted by Gasteiger charge is 2.32. The number of benzene rings is 2. The maximum atomic E-state index is 13.0. The Morgan fingerprint density at radius 3 is 2.78 bits per heavy atom. The summed E-state index contributed by atoms with van der Waals surface area (Å²) in [5.41, 5.74) is 9.62. The molecule has 3 aromatic rings. The summed E-state index contributed by atoms with van der Waals surface area (Å²) in [6.45, 7) is 0.780. The summed E-state index contributed by atoms with van der Waals surface area (Å²) in [4.78, 5) is 19.4. The van der Waals surface area contributed by atoms with Gasteiger partial charge in [0.2, 0.25) is 0 Å². The molecule has 0 bridgehead atoms. The van der Waals surface area contributed by atoms with Crippen LogP contribution >= 0.6 is 15.9 Å². The van der Waals surface area contributed by atoms with Crippen molar-refractivity contribution in [1.29, 1.82) is 0 Å². The Labute approximate surface area is 165 Å². The second-order valence-electron chi connectivity index (χ2n) is 6.32. The minimum absolute atomic E-state index is 0.123. The van der Waals surface area contributed by atoms with E-state index in [0.29, 0.717) is 41.5 Å². The molecule has 0 unspecified atom stereocenters. The molecule has 4 rings (SSSR count). The van der Waals surface area contributed by atoms with Gasteiger partial charge in [-0.25, -0.2) is 4.98 Å². The monoisotopic (exact) mass is 427 g/mol. The van der Waals surface area contributed by atoms with Crippen LogP contribution in [0.25, 0.3) is 10.9 Å². The molecule has 2 aromatic carbocycles. The van der Waals surface area contributed by atoms with Gasteiger partial charge in [-0.15, -0.1) is 0 Å². The topological polar surface area (TPSA) is 77.7 Å². The van der Waals surface area contributed by atoms with Gasteiger partial charge in [0, 0.05) is 15.4 Å². The maximum Gasteiger partial charge on any atom is 0.258 e. The lowest BCUT2D eigenvalue weighted by Crippen LogP contribution is -2.24. The first-order valence-corrected chi connectivity index (χ1v) is 9.19. The fraction of sp³-hybridized carbons (Fsp3) is 0.200. The number of fused-ring (bicyclic) bond motifs is 2. The van der Waals surface area contributed by atoms with E-state index in [1.807, 2.05) is 36.4 Å². The minimum Gasteiger partial charge on any atom is -0.497 e. The number of amides is 1. The van der Waals surface area contributed by atoms with E-state index in [-0.39, 0.29) is 5.91 Å². The average molecular weight is 428 g/mol. The molecular weight excluding hydrogens is 410 g/mol. The van der Waals surface area contributed by atoms with Crippen LogP contribution in [0, 0.1) is 0 Å². The van der Waals surface area contributed by atoms with E-state index in [9.17, 15) is 4.79 Å². The van der Waals surface area contributed by atoms with Crippen molar-refractivity contribution in [3.63, 3.8) is 0 Å². The quantitative estimate of drug-likeness (QED) is 0.685. The number of anilines is 1. The fourth-order valence-electron chi connectivity index (χ4n) is 3.43. The highest BCUT2D eigenvalue weighted by molar-refractivity contribution is 9.10. The Morgan fingerprint density at radius 2 is 2.04 bits per heavy atom. The molecule has 138 valence electrons. The van der Waals surface area contributed by atoms with Gasteiger partial charge in [0.25, 0.3) is 5.91 Å². The van der Waals surface area contributed by atoms with E-state index in [1.165, 1.54) is 0 Å². The minimum atomic E-state index is -0.123. The van der Waals surface area contributed by atoms with Crippen LogP contribution in [0.15, 0.2) is 40.9 Å². The number of para-hydroxylation sites is 1. The van der Waals surface area contributed by atoms with Crippen LogP contribution in [0.3, 0.4) is 0 Å². The van der Waals surface area contributed by atoms with E-state index in [2.05, 4.69) is 20.9 Å². The summed E-state index contributed by atoms with van der Waals surface area (Å²) >= 11 is 3.51. The summed E-state index contributed by atoms with van der Waals surface area (Å²) in [6, 6.07) is 11.2. The van der Waals surface area contributed by atoms with Crippen molar-refractivity contribution in [3.8, 4) is 11.5 Å². The van der Waals surface area contributed by atoms with Crippen LogP contribution in [0.4, 0.5) is 5.69 Å². The number of ether oxygens (including phenoxy) is 2. The number of hydrogen-bond acceptors (Lipinski definition) is 5. The van der Waals surface area contributed by atoms with Crippen LogP contribution in [0.1, 0.15) is 21.6 Å². The predicted octanol–water partition coefficient (Wildman–Crippen LogP) is 3.75. The molecule has 0 fully saturated rings. The average Bonchev–Trinajstić information content (AvgIpc) is 2.98. The molecule has 1 aromatic heterocycles. The molecule has 0 spiro atoms. The molecule has 6 nitrogen and oxygen atoms in total. The first-order valence-electron chi connectivity index (χ1n) is 8.40. The van der Waals surface area contributed by atoms with Crippen molar-refractivity contribution in [2.75, 3.05) is 20.0 Å². The van der Waals surface area contributed by atoms with Crippen LogP contribution in [0.2, 0.25) is 0 Å². The Kier molecular flexibility index (Phi) is 4.39. The summed E-state index contributed by atoms with van der Waals surface area (Å²) in [6.07, 6.45) is 0. The highest BCUT2D eigenvalue weighted by Crippen LogP contribution is 2.36. The fourth-order valence-corrected chi connectivity index (χ4v) is 3.88. The number of methoxy groups -OCH3 is 2. The number of pyridine rings is 1. The molecule has 1 amide bonds. The molecule has 0 aliphatic carbocycles. The maximum absolute atomic E-state index is 13.0. The van der Waals surface area contributed by atoms with E-state index >= 15 is 0 Å². The van der Waals surface area contributed by atoms with Gasteiger partial charge < -0.3 is 20.1 Å². The molecule has 7 heteroatoms. The largest absolute Gasteiger partial charge is 0.497 e. The second kappa shape index (κ2) is 6.74. The zero-order valence-corrected chi connectivity index (χ0v) is 16.5. The lowest BCUT2D eigenvalue weighted by molar-refractivity contribution is 0.0766. The number of rotatable bonds is 4. The smallest absolute Gasteiger partial charge is 0.258 e. The van der Waals surface area contributed by atoms with Gasteiger partial charge in [-0.2, -0.15) is 0 Å². The lowest BCUT2D eigenvalue weighted by atomic mass is 10.1. The molecule has 0 saturated heterocycles. The molecule has 27 heavy (non-hydrogen) atoms. The van der Waals surface area contributed by atoms with Gasteiger partial charge >= 0.3 is 0 Å². The van der Waals surface area contributed by atoms with Crippen molar-refractivity contribution >= 4 is 38.4 Å². The van der Waals surface area contributed by atoms with Gasteiger partial charge in [0.1, 0.15) is 11.5 Å². The number of hydrogen-bond donors (Lipinski definition) is 1. The number of aromatic nitrogens is 1. The van der Waals surface area contributed by atoms with Gasteiger partial charge in [-0.1, -0.05) is 12.1 Å². The molecule has 0 atom stereocenters. The Bertz CT molecular complexity index is 1070. The third-order valence-electron chi connectivity index (χ3n) is 4.77. The Balaban J connectivity index is 1.73. The van der Waals surface area contributed by atoms with Crippen LogP contribution in [-0.2, 0) is 13.1 Å². The molecule has 1 aliphatic heterocycles. The van der Waals surface area contributed by atoms with E-state index in [1.54, 1.807) is 19.1 Å². The zero-order valence-electron chi connectivity index (χ0n) is 15.0. The van der Waals surface area contributed by atoms with Crippen molar-refractivity contribution in [1.82, 2.24) is 9.88 Å². The molecule has 1 aliphatic rings. The summed E-state index contributed by atoms with van der Waals surface area (Å²) in [5, 5.41) is 0.775. The summed E-state index contributed by atoms with van der Waals surface area (Å²) < 4.78 is 11.6. The van der Waals surface area contributed by atoms with E-state index in [0.717, 1.165) is 20.9 Å². The van der Waals surface area contributed by atoms with Gasteiger partial charge in [0.15, 0.2) is 0 Å². The number of carbonyl (C=O) groups is 1. The second-order valence-corrected chi connectivity index (χ2v) is 7.18. The third kappa shape index (κ3) is 2.88. The third-order valence-corrected chi connectivity index (χ3v) is 5.41. The molecular formula is C20H18BrN3O3. The molecule has 2 N–H and O–H groups in total. The molecule has 0 radical (unpaired) electrons. The SMILES string of the molecule is COc1ccc(OC)c(CN2Cc3nc4c(Br)cccc4c(N)c3C2=O)c1. The van der Waals surface area contributed by atoms with E-state index < -0.39 is 0 Å². The molecule has 0 saturated carbocycles. The first-order chi connectivity index (χ1) is 13.0. The number of halogens is 1. The van der Waals surface area contributed by atoms with Gasteiger partial charge in [-0.3, -0.25) is 4.79 Å².